The van der Waals surface area contributed by atoms with Gasteiger partial charge in [0.15, 0.2) is 0 Å². The molecule has 6 nitrogen and oxygen atoms in total. The lowest BCUT2D eigenvalue weighted by molar-refractivity contribution is -0.383. The van der Waals surface area contributed by atoms with Gasteiger partial charge in [-0.15, -0.1) is 5.10 Å². The lowest BCUT2D eigenvalue weighted by Gasteiger charge is -1.96. The summed E-state index contributed by atoms with van der Waals surface area (Å²) in [6.07, 6.45) is -3.57. The Balaban J connectivity index is 2.71. The van der Waals surface area contributed by atoms with E-state index in [-0.39, 0.29) is 0 Å². The standard InChI is InChI=1S/C7H3F3N4O2/c8-7(9,10)6-11-5-4(14(15)16)2-1-3-13(5)12-6/h1-3H. The van der Waals surface area contributed by atoms with Crippen molar-refractivity contribution in [3.8, 4) is 0 Å². The molecule has 0 radical (unpaired) electrons. The van der Waals surface area contributed by atoms with Crippen LogP contribution in [0, 0.1) is 10.1 Å². The first-order valence-electron chi connectivity index (χ1n) is 3.96. The number of nitro groups is 1. The molecule has 2 aromatic rings. The van der Waals surface area contributed by atoms with E-state index in [1.165, 1.54) is 6.07 Å². The largest absolute Gasteiger partial charge is 0.453 e. The van der Waals surface area contributed by atoms with E-state index in [1.807, 2.05) is 0 Å². The van der Waals surface area contributed by atoms with Gasteiger partial charge < -0.3 is 0 Å². The Kier molecular flexibility index (Phi) is 2.04. The highest BCUT2D eigenvalue weighted by Crippen LogP contribution is 2.28. The van der Waals surface area contributed by atoms with Gasteiger partial charge in [-0.1, -0.05) is 0 Å². The molecule has 0 bridgehead atoms. The molecule has 0 aromatic carbocycles. The van der Waals surface area contributed by atoms with Crippen LogP contribution in [-0.2, 0) is 6.18 Å². The van der Waals surface area contributed by atoms with Gasteiger partial charge in [-0.25, -0.2) is 4.52 Å². The number of pyridine rings is 1. The molecule has 2 heterocycles. The zero-order chi connectivity index (χ0) is 11.9. The van der Waals surface area contributed by atoms with Crippen LogP contribution in [0.3, 0.4) is 0 Å². The predicted molar refractivity (Wildman–Crippen MR) is 44.6 cm³/mol. The molecule has 0 saturated heterocycles. The molecule has 0 N–H and O–H groups in total. The second-order valence-electron chi connectivity index (χ2n) is 2.85. The highest BCUT2D eigenvalue weighted by atomic mass is 19.4. The van der Waals surface area contributed by atoms with Crippen LogP contribution in [-0.4, -0.2) is 19.5 Å². The highest BCUT2D eigenvalue weighted by molar-refractivity contribution is 5.58. The average molecular weight is 232 g/mol. The number of aromatic nitrogens is 3. The van der Waals surface area contributed by atoms with E-state index >= 15 is 0 Å². The summed E-state index contributed by atoms with van der Waals surface area (Å²) in [5.41, 5.74) is -0.953. The SMILES string of the molecule is O=[N+]([O-])c1cccn2nc(C(F)(F)F)nc12. The van der Waals surface area contributed by atoms with E-state index < -0.39 is 28.3 Å². The van der Waals surface area contributed by atoms with E-state index in [2.05, 4.69) is 10.1 Å². The summed E-state index contributed by atoms with van der Waals surface area (Å²) in [5.74, 6) is -1.40. The van der Waals surface area contributed by atoms with Crippen LogP contribution < -0.4 is 0 Å². The minimum Gasteiger partial charge on any atom is -0.258 e. The lowest BCUT2D eigenvalue weighted by atomic mass is 10.4. The van der Waals surface area contributed by atoms with Crippen molar-refractivity contribution in [1.29, 1.82) is 0 Å². The van der Waals surface area contributed by atoms with Crippen molar-refractivity contribution in [3.63, 3.8) is 0 Å². The summed E-state index contributed by atoms with van der Waals surface area (Å²) in [6, 6.07) is 2.28. The molecule has 0 amide bonds. The second-order valence-corrected chi connectivity index (χ2v) is 2.85. The van der Waals surface area contributed by atoms with Crippen molar-refractivity contribution in [2.75, 3.05) is 0 Å². The topological polar surface area (TPSA) is 73.3 Å². The third-order valence-electron chi connectivity index (χ3n) is 1.79. The molecule has 0 saturated carbocycles. The summed E-state index contributed by atoms with van der Waals surface area (Å²) in [6.45, 7) is 0. The molecular weight excluding hydrogens is 229 g/mol. The molecule has 0 spiro atoms. The van der Waals surface area contributed by atoms with Gasteiger partial charge in [-0.3, -0.25) is 10.1 Å². The van der Waals surface area contributed by atoms with Crippen LogP contribution in [0.1, 0.15) is 5.82 Å². The second kappa shape index (κ2) is 3.15. The summed E-state index contributed by atoms with van der Waals surface area (Å²) >= 11 is 0. The fourth-order valence-corrected chi connectivity index (χ4v) is 1.15. The van der Waals surface area contributed by atoms with Gasteiger partial charge in [0.1, 0.15) is 0 Å². The minimum absolute atomic E-state index is 0.431. The predicted octanol–water partition coefficient (Wildman–Crippen LogP) is 1.66. The molecule has 0 aliphatic carbocycles. The Morgan fingerprint density at radius 2 is 2.12 bits per heavy atom. The van der Waals surface area contributed by atoms with Gasteiger partial charge in [-0.2, -0.15) is 18.2 Å². The smallest absolute Gasteiger partial charge is 0.258 e. The molecule has 16 heavy (non-hydrogen) atoms. The van der Waals surface area contributed by atoms with Gasteiger partial charge in [-0.05, 0) is 6.07 Å². The first kappa shape index (κ1) is 10.3. The molecule has 0 unspecified atom stereocenters. The molecule has 84 valence electrons. The van der Waals surface area contributed by atoms with Gasteiger partial charge in [0.25, 0.3) is 5.82 Å². The Hall–Kier alpha value is -2.19. The van der Waals surface area contributed by atoms with Crippen molar-refractivity contribution in [2.45, 2.75) is 6.18 Å². The Labute approximate surface area is 85.5 Å². The molecule has 0 atom stereocenters. The number of alkyl halides is 3. The first-order valence-corrected chi connectivity index (χ1v) is 3.96. The minimum atomic E-state index is -4.72. The van der Waals surface area contributed by atoms with Crippen LogP contribution in [0.25, 0.3) is 5.65 Å². The monoisotopic (exact) mass is 232 g/mol. The van der Waals surface area contributed by atoms with Crippen molar-refractivity contribution >= 4 is 11.3 Å². The van der Waals surface area contributed by atoms with Crippen molar-refractivity contribution in [1.82, 2.24) is 14.6 Å². The normalized spacial score (nSPS) is 11.9. The van der Waals surface area contributed by atoms with Crippen molar-refractivity contribution < 1.29 is 18.1 Å². The van der Waals surface area contributed by atoms with Crippen LogP contribution in [0.15, 0.2) is 18.3 Å². The zero-order valence-electron chi connectivity index (χ0n) is 7.47. The first-order chi connectivity index (χ1) is 7.39. The van der Waals surface area contributed by atoms with Gasteiger partial charge >= 0.3 is 11.9 Å². The Morgan fingerprint density at radius 1 is 1.44 bits per heavy atom. The Morgan fingerprint density at radius 3 is 2.69 bits per heavy atom. The Bertz CT molecular complexity index is 562. The van der Waals surface area contributed by atoms with E-state index in [0.717, 1.165) is 16.8 Å². The van der Waals surface area contributed by atoms with Crippen LogP contribution >= 0.6 is 0 Å². The fourth-order valence-electron chi connectivity index (χ4n) is 1.15. The molecule has 2 rings (SSSR count). The number of halogens is 3. The summed E-state index contributed by atoms with van der Waals surface area (Å²) < 4.78 is 37.5. The summed E-state index contributed by atoms with van der Waals surface area (Å²) in [7, 11) is 0. The number of rotatable bonds is 1. The molecule has 0 aliphatic rings. The summed E-state index contributed by atoms with van der Waals surface area (Å²) in [5, 5.41) is 13.6. The van der Waals surface area contributed by atoms with Gasteiger partial charge in [0.05, 0.1) is 4.92 Å². The average Bonchev–Trinajstić information content (AvgIpc) is 2.59. The van der Waals surface area contributed by atoms with Gasteiger partial charge in [0, 0.05) is 12.3 Å². The molecular formula is C7H3F3N4O2. The number of nitrogens with zero attached hydrogens (tertiary/aromatic N) is 4. The number of hydrogen-bond donors (Lipinski definition) is 0. The van der Waals surface area contributed by atoms with Crippen LogP contribution in [0.5, 0.6) is 0 Å². The van der Waals surface area contributed by atoms with E-state index in [9.17, 15) is 23.3 Å². The zero-order valence-corrected chi connectivity index (χ0v) is 7.47. The maximum absolute atomic E-state index is 12.3. The fraction of sp³-hybridized carbons (Fsp3) is 0.143. The maximum atomic E-state index is 12.3. The highest BCUT2D eigenvalue weighted by Gasteiger charge is 2.37. The van der Waals surface area contributed by atoms with E-state index in [1.54, 1.807) is 0 Å². The molecule has 0 fully saturated rings. The number of hydrogen-bond acceptors (Lipinski definition) is 4. The van der Waals surface area contributed by atoms with Gasteiger partial charge in [0.2, 0.25) is 5.65 Å². The summed E-state index contributed by atoms with van der Waals surface area (Å²) in [4.78, 5) is 12.8. The molecule has 0 aliphatic heterocycles. The van der Waals surface area contributed by atoms with Crippen LogP contribution in [0.2, 0.25) is 0 Å². The molecule has 2 aromatic heterocycles. The third kappa shape index (κ3) is 1.55. The molecule has 9 heteroatoms. The van der Waals surface area contributed by atoms with Crippen molar-refractivity contribution in [3.05, 3.63) is 34.3 Å². The quantitative estimate of drug-likeness (QED) is 0.553. The third-order valence-corrected chi connectivity index (χ3v) is 1.79. The van der Waals surface area contributed by atoms with Crippen molar-refractivity contribution in [2.24, 2.45) is 0 Å². The van der Waals surface area contributed by atoms with Crippen LogP contribution in [0.4, 0.5) is 18.9 Å². The van der Waals surface area contributed by atoms with E-state index in [0.29, 0.717) is 0 Å². The maximum Gasteiger partial charge on any atom is 0.453 e. The lowest BCUT2D eigenvalue weighted by Crippen LogP contribution is -2.07. The van der Waals surface area contributed by atoms with E-state index in [4.69, 9.17) is 0 Å². The number of fused-ring (bicyclic) bond motifs is 1.